The molecule has 6 heteroatoms. The van der Waals surface area contributed by atoms with Crippen LogP contribution in [0, 0.1) is 18.3 Å². The minimum Gasteiger partial charge on any atom is -0.361 e. The van der Waals surface area contributed by atoms with Gasteiger partial charge in [0.15, 0.2) is 0 Å². The van der Waals surface area contributed by atoms with Gasteiger partial charge in [-0.05, 0) is 60.9 Å². The molecule has 0 spiro atoms. The Morgan fingerprint density at radius 1 is 0.974 bits per heavy atom. The third-order valence-corrected chi connectivity index (χ3v) is 7.86. The number of benzene rings is 2. The molecular weight excluding hydrogens is 472 g/mol. The Balaban J connectivity index is 1.25. The number of nitrogens with one attached hydrogen (secondary N) is 1. The van der Waals surface area contributed by atoms with Gasteiger partial charge in [0.25, 0.3) is 5.56 Å². The van der Waals surface area contributed by atoms with Crippen molar-refractivity contribution in [3.8, 4) is 17.3 Å². The largest absolute Gasteiger partial charge is 0.361 e. The molecule has 2 heterocycles. The van der Waals surface area contributed by atoms with Crippen molar-refractivity contribution in [3.63, 3.8) is 0 Å². The van der Waals surface area contributed by atoms with Crippen LogP contribution in [0.3, 0.4) is 0 Å². The van der Waals surface area contributed by atoms with Crippen LogP contribution in [0.2, 0.25) is 0 Å². The van der Waals surface area contributed by atoms with Gasteiger partial charge in [0.1, 0.15) is 0 Å². The molecule has 0 bridgehead atoms. The summed E-state index contributed by atoms with van der Waals surface area (Å²) in [5.74, 6) is 0. The zero-order chi connectivity index (χ0) is 26.5. The van der Waals surface area contributed by atoms with E-state index in [0.717, 1.165) is 60.1 Å². The van der Waals surface area contributed by atoms with Gasteiger partial charge in [-0.1, -0.05) is 73.9 Å². The monoisotopic (exact) mass is 506 g/mol. The van der Waals surface area contributed by atoms with E-state index in [0.29, 0.717) is 25.1 Å². The maximum atomic E-state index is 13.1. The second-order valence-electron chi connectivity index (χ2n) is 10.5. The molecule has 0 amide bonds. The zero-order valence-electron chi connectivity index (χ0n) is 22.0. The van der Waals surface area contributed by atoms with Crippen molar-refractivity contribution in [2.24, 2.45) is 0 Å². The van der Waals surface area contributed by atoms with Crippen molar-refractivity contribution in [2.75, 3.05) is 0 Å². The van der Waals surface area contributed by atoms with Crippen molar-refractivity contribution >= 4 is 0 Å². The molecule has 1 N–H and O–H groups in total. The van der Waals surface area contributed by atoms with Gasteiger partial charge in [-0.25, -0.2) is 4.79 Å². The van der Waals surface area contributed by atoms with Crippen LogP contribution in [-0.4, -0.2) is 14.1 Å². The average Bonchev–Trinajstić information content (AvgIpc) is 3.43. The number of aromatic nitrogens is 3. The highest BCUT2D eigenvalue weighted by Crippen LogP contribution is 2.39. The van der Waals surface area contributed by atoms with E-state index < -0.39 is 0 Å². The third kappa shape index (κ3) is 5.28. The Morgan fingerprint density at radius 2 is 1.71 bits per heavy atom. The predicted molar refractivity (Wildman–Crippen MR) is 150 cm³/mol. The highest BCUT2D eigenvalue weighted by atomic mass is 16.2. The third-order valence-electron chi connectivity index (χ3n) is 7.86. The normalized spacial score (nSPS) is 14.7. The van der Waals surface area contributed by atoms with E-state index in [1.807, 2.05) is 36.5 Å². The number of hydrogen-bond donors (Lipinski definition) is 1. The molecular formula is C32H34N4O2. The van der Waals surface area contributed by atoms with Crippen LogP contribution in [0.1, 0.15) is 60.8 Å². The Kier molecular flexibility index (Phi) is 7.46. The van der Waals surface area contributed by atoms with Gasteiger partial charge in [-0.3, -0.25) is 13.9 Å². The van der Waals surface area contributed by atoms with Crippen LogP contribution in [0.4, 0.5) is 0 Å². The fourth-order valence-corrected chi connectivity index (χ4v) is 5.67. The first-order valence-corrected chi connectivity index (χ1v) is 13.5. The van der Waals surface area contributed by atoms with Gasteiger partial charge < -0.3 is 4.98 Å². The van der Waals surface area contributed by atoms with E-state index in [4.69, 9.17) is 0 Å². The standard InChI is InChI=1S/C32H34N4O2/c1-24-21-35(22-25-9-4-2-5-10-25)31(38)36(30(24)37)18-8-11-26-19-29(34-20-26)27-12-14-28(15-13-27)32(23-33)16-6-3-7-17-32/h2,4-5,9-10,12-15,19-21,34H,3,6-8,11,16-18,22H2,1H3. The number of nitriles is 1. The molecule has 1 saturated carbocycles. The summed E-state index contributed by atoms with van der Waals surface area (Å²) in [6.45, 7) is 2.58. The molecule has 38 heavy (non-hydrogen) atoms. The van der Waals surface area contributed by atoms with Crippen LogP contribution < -0.4 is 11.2 Å². The molecule has 1 fully saturated rings. The Hall–Kier alpha value is -4.11. The Morgan fingerprint density at radius 3 is 2.42 bits per heavy atom. The minimum atomic E-state index is -0.342. The lowest BCUT2D eigenvalue weighted by atomic mass is 9.70. The van der Waals surface area contributed by atoms with Gasteiger partial charge in [0, 0.05) is 30.2 Å². The molecule has 1 aliphatic rings. The molecule has 194 valence electrons. The molecule has 1 aliphatic carbocycles. The lowest BCUT2D eigenvalue weighted by Gasteiger charge is -2.31. The molecule has 0 aliphatic heterocycles. The first-order chi connectivity index (χ1) is 18.5. The van der Waals surface area contributed by atoms with Crippen LogP contribution in [0.25, 0.3) is 11.3 Å². The number of H-pyrrole nitrogens is 1. The maximum absolute atomic E-state index is 13.1. The second kappa shape index (κ2) is 11.1. The van der Waals surface area contributed by atoms with Crippen molar-refractivity contribution in [1.29, 1.82) is 5.26 Å². The Labute approximate surface area is 223 Å². The summed E-state index contributed by atoms with van der Waals surface area (Å²) in [6.07, 6.45) is 10.4. The van der Waals surface area contributed by atoms with Crippen LogP contribution >= 0.6 is 0 Å². The van der Waals surface area contributed by atoms with Crippen molar-refractivity contribution in [2.45, 2.75) is 70.4 Å². The average molecular weight is 507 g/mol. The SMILES string of the molecule is Cc1cn(Cc2ccccc2)c(=O)n(CCCc2c[nH]c(-c3ccc(C4(C#N)CCCCC4)cc3)c2)c1=O. The summed E-state index contributed by atoms with van der Waals surface area (Å²) in [5.41, 5.74) is 5.13. The van der Waals surface area contributed by atoms with E-state index >= 15 is 0 Å². The number of hydrogen-bond acceptors (Lipinski definition) is 3. The first kappa shape index (κ1) is 25.5. The summed E-state index contributed by atoms with van der Waals surface area (Å²) >= 11 is 0. The molecule has 2 aromatic heterocycles. The van der Waals surface area contributed by atoms with Gasteiger partial charge in [0.05, 0.1) is 18.0 Å². The molecule has 2 aromatic carbocycles. The lowest BCUT2D eigenvalue weighted by Crippen LogP contribution is -2.41. The fourth-order valence-electron chi connectivity index (χ4n) is 5.67. The number of rotatable bonds is 8. The topological polar surface area (TPSA) is 83.6 Å². The second-order valence-corrected chi connectivity index (χ2v) is 10.5. The highest BCUT2D eigenvalue weighted by Gasteiger charge is 2.33. The fraction of sp³-hybridized carbons (Fsp3) is 0.344. The smallest absolute Gasteiger partial charge is 0.331 e. The lowest BCUT2D eigenvalue weighted by molar-refractivity contribution is 0.366. The predicted octanol–water partition coefficient (Wildman–Crippen LogP) is 5.72. The van der Waals surface area contributed by atoms with E-state index in [1.165, 1.54) is 11.0 Å². The summed E-state index contributed by atoms with van der Waals surface area (Å²) in [5, 5.41) is 9.88. The maximum Gasteiger partial charge on any atom is 0.331 e. The quantitative estimate of drug-likeness (QED) is 0.332. The molecule has 0 atom stereocenters. The summed E-state index contributed by atoms with van der Waals surface area (Å²) < 4.78 is 2.98. The first-order valence-electron chi connectivity index (χ1n) is 13.5. The van der Waals surface area contributed by atoms with Gasteiger partial charge >= 0.3 is 5.69 Å². The van der Waals surface area contributed by atoms with E-state index in [-0.39, 0.29) is 16.7 Å². The van der Waals surface area contributed by atoms with Gasteiger partial charge in [-0.2, -0.15) is 5.26 Å². The van der Waals surface area contributed by atoms with Crippen LogP contribution in [0.5, 0.6) is 0 Å². The molecule has 0 unspecified atom stereocenters. The van der Waals surface area contributed by atoms with Gasteiger partial charge in [-0.15, -0.1) is 0 Å². The molecule has 5 rings (SSSR count). The van der Waals surface area contributed by atoms with E-state index in [1.54, 1.807) is 17.7 Å². The van der Waals surface area contributed by atoms with Crippen LogP contribution in [0.15, 0.2) is 82.6 Å². The molecule has 4 aromatic rings. The zero-order valence-corrected chi connectivity index (χ0v) is 22.0. The molecule has 6 nitrogen and oxygen atoms in total. The summed E-state index contributed by atoms with van der Waals surface area (Å²) in [7, 11) is 0. The number of aryl methyl sites for hydroxylation is 2. The Bertz CT molecular complexity index is 1550. The van der Waals surface area contributed by atoms with Crippen molar-refractivity contribution < 1.29 is 0 Å². The number of aromatic amines is 1. The summed E-state index contributed by atoms with van der Waals surface area (Å²) in [6, 6.07) is 22.9. The van der Waals surface area contributed by atoms with Crippen molar-refractivity contribution in [1.82, 2.24) is 14.1 Å². The van der Waals surface area contributed by atoms with Crippen LogP contribution in [-0.2, 0) is 24.9 Å². The van der Waals surface area contributed by atoms with Crippen molar-refractivity contribution in [3.05, 3.63) is 116 Å². The minimum absolute atomic E-state index is 0.220. The molecule has 0 radical (unpaired) electrons. The number of nitrogens with zero attached hydrogens (tertiary/aromatic N) is 3. The molecule has 0 saturated heterocycles. The van der Waals surface area contributed by atoms with E-state index in [2.05, 4.69) is 41.4 Å². The summed E-state index contributed by atoms with van der Waals surface area (Å²) in [4.78, 5) is 29.2. The van der Waals surface area contributed by atoms with Gasteiger partial charge in [0.2, 0.25) is 0 Å². The highest BCUT2D eigenvalue weighted by molar-refractivity contribution is 5.61. The van der Waals surface area contributed by atoms with E-state index in [9.17, 15) is 14.9 Å².